The van der Waals surface area contributed by atoms with Gasteiger partial charge in [0.25, 0.3) is 0 Å². The van der Waals surface area contributed by atoms with Crippen molar-refractivity contribution < 1.29 is 0 Å². The Balaban J connectivity index is 1.82. The number of para-hydroxylation sites is 2. The number of nitrogens with one attached hydrogen (secondary N) is 1. The molecule has 0 radical (unpaired) electrons. The Labute approximate surface area is 131 Å². The number of H-pyrrole nitrogens is 1. The second-order valence-electron chi connectivity index (χ2n) is 4.96. The molecule has 3 nitrogen and oxygen atoms in total. The van der Waals surface area contributed by atoms with Crippen molar-refractivity contribution in [2.75, 3.05) is 0 Å². The number of aromatic amines is 1. The fourth-order valence-corrected chi connectivity index (χ4v) is 3.46. The van der Waals surface area contributed by atoms with E-state index in [1.807, 2.05) is 42.5 Å². The smallest absolute Gasteiger partial charge is 0.149 e. The first-order valence-corrected chi connectivity index (χ1v) is 7.70. The third kappa shape index (κ3) is 2.18. The van der Waals surface area contributed by atoms with Gasteiger partial charge in [-0.3, -0.25) is 0 Å². The van der Waals surface area contributed by atoms with E-state index >= 15 is 0 Å². The van der Waals surface area contributed by atoms with Gasteiger partial charge in [0.1, 0.15) is 11.9 Å². The maximum atomic E-state index is 9.47. The first-order valence-electron chi connectivity index (χ1n) is 6.89. The van der Waals surface area contributed by atoms with Crippen LogP contribution in [0.5, 0.6) is 0 Å². The molecule has 0 saturated heterocycles. The number of aromatic nitrogens is 2. The average Bonchev–Trinajstić information content (AvgIpc) is 3.15. The van der Waals surface area contributed by atoms with Crippen molar-refractivity contribution >= 4 is 44.1 Å². The average molecular weight is 301 g/mol. The van der Waals surface area contributed by atoms with Crippen LogP contribution in [0.2, 0.25) is 0 Å². The number of fused-ring (bicyclic) bond motifs is 2. The lowest BCUT2D eigenvalue weighted by atomic mass is 10.2. The summed E-state index contributed by atoms with van der Waals surface area (Å²) in [5, 5.41) is 10.7. The second kappa shape index (κ2) is 5.14. The van der Waals surface area contributed by atoms with Gasteiger partial charge in [-0.05, 0) is 35.7 Å². The minimum atomic E-state index is 0.544. The highest BCUT2D eigenvalue weighted by Gasteiger charge is 2.08. The summed E-state index contributed by atoms with van der Waals surface area (Å²) in [6.45, 7) is 0. The van der Waals surface area contributed by atoms with Crippen LogP contribution in [0.25, 0.3) is 32.8 Å². The highest BCUT2D eigenvalue weighted by Crippen LogP contribution is 2.28. The number of imidazole rings is 1. The third-order valence-corrected chi connectivity index (χ3v) is 4.56. The van der Waals surface area contributed by atoms with Crippen LogP contribution in [0, 0.1) is 11.3 Å². The molecule has 4 rings (SSSR count). The van der Waals surface area contributed by atoms with E-state index in [2.05, 4.69) is 34.2 Å². The molecule has 0 amide bonds. The SMILES string of the molecule is N#C/C(=C\c1cc2ccccc2s1)c1nc2ccccc2[nH]1. The molecule has 2 aromatic heterocycles. The fraction of sp³-hybridized carbons (Fsp3) is 0. The summed E-state index contributed by atoms with van der Waals surface area (Å²) in [6.07, 6.45) is 1.89. The van der Waals surface area contributed by atoms with Gasteiger partial charge in [0.15, 0.2) is 0 Å². The van der Waals surface area contributed by atoms with Crippen molar-refractivity contribution in [3.63, 3.8) is 0 Å². The second-order valence-corrected chi connectivity index (χ2v) is 6.07. The molecule has 4 heteroatoms. The number of rotatable bonds is 2. The Hall–Kier alpha value is -2.90. The number of allylic oxidation sites excluding steroid dienone is 1. The minimum Gasteiger partial charge on any atom is -0.337 e. The Morgan fingerprint density at radius 1 is 1.14 bits per heavy atom. The predicted molar refractivity (Wildman–Crippen MR) is 91.4 cm³/mol. The zero-order chi connectivity index (χ0) is 14.9. The molecule has 2 heterocycles. The molecule has 0 spiro atoms. The molecule has 0 fully saturated rings. The zero-order valence-corrected chi connectivity index (χ0v) is 12.4. The number of hydrogen-bond donors (Lipinski definition) is 1. The molecule has 0 bridgehead atoms. The molecule has 0 unspecified atom stereocenters. The van der Waals surface area contributed by atoms with Crippen LogP contribution >= 0.6 is 11.3 Å². The molecule has 1 N–H and O–H groups in total. The largest absolute Gasteiger partial charge is 0.337 e. The summed E-state index contributed by atoms with van der Waals surface area (Å²) in [7, 11) is 0. The van der Waals surface area contributed by atoms with Crippen molar-refractivity contribution in [3.8, 4) is 6.07 Å². The Morgan fingerprint density at radius 2 is 1.95 bits per heavy atom. The summed E-state index contributed by atoms with van der Waals surface area (Å²) in [5.41, 5.74) is 2.35. The topological polar surface area (TPSA) is 52.5 Å². The molecular formula is C18H11N3S. The molecule has 2 aromatic carbocycles. The summed E-state index contributed by atoms with van der Waals surface area (Å²) in [4.78, 5) is 8.75. The maximum absolute atomic E-state index is 9.47. The van der Waals surface area contributed by atoms with Crippen molar-refractivity contribution in [2.24, 2.45) is 0 Å². The number of benzene rings is 2. The molecule has 0 atom stereocenters. The number of hydrogen-bond acceptors (Lipinski definition) is 3. The first kappa shape index (κ1) is 12.8. The normalized spacial score (nSPS) is 11.9. The van der Waals surface area contributed by atoms with Crippen LogP contribution in [0.3, 0.4) is 0 Å². The molecule has 22 heavy (non-hydrogen) atoms. The predicted octanol–water partition coefficient (Wildman–Crippen LogP) is 4.84. The minimum absolute atomic E-state index is 0.544. The van der Waals surface area contributed by atoms with Gasteiger partial charge in [-0.15, -0.1) is 11.3 Å². The Morgan fingerprint density at radius 3 is 2.77 bits per heavy atom. The zero-order valence-electron chi connectivity index (χ0n) is 11.6. The lowest BCUT2D eigenvalue weighted by Gasteiger charge is -1.91. The van der Waals surface area contributed by atoms with Gasteiger partial charge in [0.2, 0.25) is 0 Å². The highest BCUT2D eigenvalue weighted by molar-refractivity contribution is 7.19. The molecule has 0 aliphatic carbocycles. The molecule has 0 saturated carbocycles. The molecular weight excluding hydrogens is 290 g/mol. The fourth-order valence-electron chi connectivity index (χ4n) is 2.45. The van der Waals surface area contributed by atoms with Gasteiger partial charge in [-0.25, -0.2) is 4.98 Å². The summed E-state index contributed by atoms with van der Waals surface area (Å²) < 4.78 is 1.22. The van der Waals surface area contributed by atoms with E-state index in [9.17, 15) is 5.26 Å². The van der Waals surface area contributed by atoms with Crippen LogP contribution in [0.15, 0.2) is 54.6 Å². The lowest BCUT2D eigenvalue weighted by Crippen LogP contribution is -1.83. The summed E-state index contributed by atoms with van der Waals surface area (Å²) >= 11 is 1.67. The Bertz CT molecular complexity index is 981. The van der Waals surface area contributed by atoms with Gasteiger partial charge in [0, 0.05) is 9.58 Å². The molecule has 0 aliphatic heterocycles. The number of thiophene rings is 1. The van der Waals surface area contributed by atoms with Gasteiger partial charge >= 0.3 is 0 Å². The molecule has 104 valence electrons. The van der Waals surface area contributed by atoms with Crippen molar-refractivity contribution in [3.05, 3.63) is 65.3 Å². The quantitative estimate of drug-likeness (QED) is 0.538. The maximum Gasteiger partial charge on any atom is 0.149 e. The van der Waals surface area contributed by atoms with Crippen molar-refractivity contribution in [1.82, 2.24) is 9.97 Å². The van der Waals surface area contributed by atoms with Gasteiger partial charge in [-0.2, -0.15) is 5.26 Å². The van der Waals surface area contributed by atoms with Crippen LogP contribution in [-0.2, 0) is 0 Å². The van der Waals surface area contributed by atoms with Crippen molar-refractivity contribution in [2.45, 2.75) is 0 Å². The molecule has 0 aliphatic rings. The standard InChI is InChI=1S/C18H11N3S/c19-11-13(18-20-15-6-2-3-7-16(15)21-18)10-14-9-12-5-1-4-8-17(12)22-14/h1-10H,(H,20,21)/b13-10+. The van der Waals surface area contributed by atoms with E-state index in [0.29, 0.717) is 11.4 Å². The monoisotopic (exact) mass is 301 g/mol. The van der Waals surface area contributed by atoms with Crippen LogP contribution in [-0.4, -0.2) is 9.97 Å². The summed E-state index contributed by atoms with van der Waals surface area (Å²) in [5.74, 6) is 0.612. The Kier molecular flexibility index (Phi) is 2.99. The van der Waals surface area contributed by atoms with E-state index in [0.717, 1.165) is 15.9 Å². The van der Waals surface area contributed by atoms with Crippen LogP contribution in [0.1, 0.15) is 10.7 Å². The van der Waals surface area contributed by atoms with Crippen LogP contribution in [0.4, 0.5) is 0 Å². The van der Waals surface area contributed by atoms with Gasteiger partial charge in [-0.1, -0.05) is 30.3 Å². The third-order valence-electron chi connectivity index (χ3n) is 3.50. The first-order chi connectivity index (χ1) is 10.8. The van der Waals surface area contributed by atoms with E-state index < -0.39 is 0 Å². The highest BCUT2D eigenvalue weighted by atomic mass is 32.1. The van der Waals surface area contributed by atoms with Gasteiger partial charge < -0.3 is 4.98 Å². The van der Waals surface area contributed by atoms with E-state index in [4.69, 9.17) is 0 Å². The van der Waals surface area contributed by atoms with Gasteiger partial charge in [0.05, 0.1) is 16.6 Å². The number of nitriles is 1. The van der Waals surface area contributed by atoms with E-state index in [1.165, 1.54) is 10.1 Å². The van der Waals surface area contributed by atoms with Crippen LogP contribution < -0.4 is 0 Å². The van der Waals surface area contributed by atoms with E-state index in [-0.39, 0.29) is 0 Å². The number of nitrogens with zero attached hydrogens (tertiary/aromatic N) is 2. The molecule has 4 aromatic rings. The van der Waals surface area contributed by atoms with Crippen molar-refractivity contribution in [1.29, 1.82) is 5.26 Å². The summed E-state index contributed by atoms with van der Waals surface area (Å²) in [6, 6.07) is 20.3. The van der Waals surface area contributed by atoms with E-state index in [1.54, 1.807) is 11.3 Å². The lowest BCUT2D eigenvalue weighted by molar-refractivity contribution is 1.27.